The Bertz CT molecular complexity index is 1400. The van der Waals surface area contributed by atoms with Gasteiger partial charge in [0.15, 0.2) is 0 Å². The monoisotopic (exact) mass is 457 g/mol. The molecule has 8 nitrogen and oxygen atoms in total. The van der Waals surface area contributed by atoms with Crippen molar-refractivity contribution in [1.82, 2.24) is 9.97 Å². The lowest BCUT2D eigenvalue weighted by Gasteiger charge is -2.15. The van der Waals surface area contributed by atoms with Gasteiger partial charge in [-0.05, 0) is 35.9 Å². The minimum Gasteiger partial charge on any atom is -0.354 e. The Morgan fingerprint density at radius 3 is 2.45 bits per heavy atom. The molecule has 0 bridgehead atoms. The second kappa shape index (κ2) is 8.25. The molecule has 0 unspecified atom stereocenters. The van der Waals surface area contributed by atoms with Gasteiger partial charge in [-0.1, -0.05) is 35.9 Å². The van der Waals surface area contributed by atoms with E-state index in [1.807, 2.05) is 24.3 Å². The maximum absolute atomic E-state index is 13.0. The number of rotatable bonds is 5. The molecule has 3 N–H and O–H groups in total. The van der Waals surface area contributed by atoms with E-state index in [2.05, 4.69) is 20.6 Å². The number of carbonyl (C=O) groups is 1. The predicted molar refractivity (Wildman–Crippen MR) is 128 cm³/mol. The molecule has 0 aliphatic carbocycles. The molecule has 1 aliphatic rings. The Hall–Kier alpha value is -4.43. The van der Waals surface area contributed by atoms with Crippen LogP contribution in [-0.4, -0.2) is 20.8 Å². The van der Waals surface area contributed by atoms with Crippen molar-refractivity contribution >= 4 is 45.8 Å². The van der Waals surface area contributed by atoms with E-state index < -0.39 is 4.92 Å². The highest BCUT2D eigenvalue weighted by Gasteiger charge is 2.30. The lowest BCUT2D eigenvalue weighted by Crippen LogP contribution is -2.10. The normalized spacial score (nSPS) is 13.9. The Morgan fingerprint density at radius 1 is 1.03 bits per heavy atom. The molecule has 9 heteroatoms. The van der Waals surface area contributed by atoms with Crippen molar-refractivity contribution in [2.45, 2.75) is 0 Å². The van der Waals surface area contributed by atoms with Crippen molar-refractivity contribution in [1.29, 1.82) is 0 Å². The van der Waals surface area contributed by atoms with E-state index >= 15 is 0 Å². The van der Waals surface area contributed by atoms with Gasteiger partial charge < -0.3 is 15.6 Å². The highest BCUT2D eigenvalue weighted by molar-refractivity contribution is 6.37. The van der Waals surface area contributed by atoms with Gasteiger partial charge in [0.25, 0.3) is 11.6 Å². The highest BCUT2D eigenvalue weighted by atomic mass is 35.5. The average Bonchev–Trinajstić information content (AvgIpc) is 3.46. The number of hydrogen-bond acceptors (Lipinski definition) is 5. The second-order valence-corrected chi connectivity index (χ2v) is 7.79. The number of nitro groups is 1. The van der Waals surface area contributed by atoms with Crippen LogP contribution in [0.1, 0.15) is 11.1 Å². The number of fused-ring (bicyclic) bond motifs is 1. The highest BCUT2D eigenvalue weighted by Crippen LogP contribution is 2.39. The van der Waals surface area contributed by atoms with Crippen LogP contribution in [0.3, 0.4) is 0 Å². The summed E-state index contributed by atoms with van der Waals surface area (Å²) in [5.41, 5.74) is 4.89. The third kappa shape index (κ3) is 3.95. The number of anilines is 2. The Balaban J connectivity index is 1.62. The number of nitro benzene ring substituents is 1. The third-order valence-electron chi connectivity index (χ3n) is 5.29. The molecule has 0 saturated heterocycles. The molecule has 4 aromatic rings. The zero-order valence-electron chi connectivity index (χ0n) is 17.0. The average molecular weight is 458 g/mol. The van der Waals surface area contributed by atoms with Gasteiger partial charge in [0.1, 0.15) is 0 Å². The summed E-state index contributed by atoms with van der Waals surface area (Å²) in [6.07, 6.45) is 3.41. The van der Waals surface area contributed by atoms with Gasteiger partial charge in [-0.15, -0.1) is 0 Å². The van der Waals surface area contributed by atoms with Crippen LogP contribution in [0.4, 0.5) is 17.1 Å². The topological polar surface area (TPSA) is 113 Å². The number of aromatic amines is 1. The molecular formula is C24H16ClN5O3. The van der Waals surface area contributed by atoms with Gasteiger partial charge in [-0.3, -0.25) is 14.9 Å². The number of amides is 1. The summed E-state index contributed by atoms with van der Waals surface area (Å²) in [6.45, 7) is 0. The number of nitrogens with zero attached hydrogens (tertiary/aromatic N) is 2. The molecule has 1 amide bonds. The van der Waals surface area contributed by atoms with E-state index in [1.54, 1.807) is 36.8 Å². The number of imidazole rings is 1. The molecule has 1 aliphatic heterocycles. The number of hydrogen-bond donors (Lipinski definition) is 3. The van der Waals surface area contributed by atoms with Crippen LogP contribution in [-0.2, 0) is 4.79 Å². The molecule has 162 valence electrons. The van der Waals surface area contributed by atoms with E-state index in [4.69, 9.17) is 11.6 Å². The molecule has 33 heavy (non-hydrogen) atoms. The van der Waals surface area contributed by atoms with Crippen LogP contribution in [0.5, 0.6) is 0 Å². The number of benzene rings is 3. The van der Waals surface area contributed by atoms with Gasteiger partial charge in [-0.25, -0.2) is 4.98 Å². The fraction of sp³-hybridized carbons (Fsp3) is 0. The number of H-pyrrole nitrogens is 1. The standard InChI is InChI=1S/C24H16ClN5O3/c25-16-5-1-15(2-6-16)23(28-17-7-3-14(4-8-17)21-12-26-13-27-21)22-19-11-18(30(32)33)9-10-20(19)29-24(22)31/h1-13,28H,(H,26,27)(H,29,31). The molecule has 0 radical (unpaired) electrons. The third-order valence-corrected chi connectivity index (χ3v) is 5.54. The fourth-order valence-electron chi connectivity index (χ4n) is 3.70. The van der Waals surface area contributed by atoms with Crippen LogP contribution < -0.4 is 10.6 Å². The number of aromatic nitrogens is 2. The van der Waals surface area contributed by atoms with Crippen molar-refractivity contribution in [3.05, 3.63) is 106 Å². The van der Waals surface area contributed by atoms with E-state index in [1.165, 1.54) is 18.2 Å². The molecule has 0 atom stereocenters. The summed E-state index contributed by atoms with van der Waals surface area (Å²) < 4.78 is 0. The van der Waals surface area contributed by atoms with Crippen molar-refractivity contribution in [3.63, 3.8) is 0 Å². The smallest absolute Gasteiger partial charge is 0.270 e. The second-order valence-electron chi connectivity index (χ2n) is 7.35. The van der Waals surface area contributed by atoms with Crippen LogP contribution >= 0.6 is 11.6 Å². The number of non-ortho nitro benzene ring substituents is 1. The van der Waals surface area contributed by atoms with Gasteiger partial charge >= 0.3 is 0 Å². The lowest BCUT2D eigenvalue weighted by molar-refractivity contribution is -0.384. The molecule has 0 fully saturated rings. The summed E-state index contributed by atoms with van der Waals surface area (Å²) in [4.78, 5) is 31.0. The van der Waals surface area contributed by atoms with Crippen LogP contribution in [0.15, 0.2) is 79.3 Å². The molecule has 2 heterocycles. The van der Waals surface area contributed by atoms with Crippen LogP contribution in [0, 0.1) is 10.1 Å². The van der Waals surface area contributed by atoms with E-state index in [9.17, 15) is 14.9 Å². The summed E-state index contributed by atoms with van der Waals surface area (Å²) in [5.74, 6) is -0.351. The number of nitrogens with one attached hydrogen (secondary N) is 3. The zero-order chi connectivity index (χ0) is 22.9. The van der Waals surface area contributed by atoms with E-state index in [0.717, 1.165) is 16.9 Å². The first kappa shape index (κ1) is 20.5. The van der Waals surface area contributed by atoms with Crippen molar-refractivity contribution < 1.29 is 9.72 Å². The van der Waals surface area contributed by atoms with Crippen LogP contribution in [0.2, 0.25) is 5.02 Å². The zero-order valence-corrected chi connectivity index (χ0v) is 17.8. The molecule has 0 spiro atoms. The lowest BCUT2D eigenvalue weighted by atomic mass is 9.99. The first-order valence-electron chi connectivity index (χ1n) is 9.96. The van der Waals surface area contributed by atoms with E-state index in [0.29, 0.717) is 33.1 Å². The number of halogens is 1. The van der Waals surface area contributed by atoms with Gasteiger partial charge in [0, 0.05) is 45.9 Å². The van der Waals surface area contributed by atoms with Crippen molar-refractivity contribution in [3.8, 4) is 11.3 Å². The minimum atomic E-state index is -0.482. The molecule has 0 saturated carbocycles. The number of carbonyl (C=O) groups excluding carboxylic acids is 1. The van der Waals surface area contributed by atoms with Crippen LogP contribution in [0.25, 0.3) is 22.5 Å². The molecular weight excluding hydrogens is 442 g/mol. The molecule has 5 rings (SSSR count). The van der Waals surface area contributed by atoms with Crippen molar-refractivity contribution in [2.24, 2.45) is 0 Å². The fourth-order valence-corrected chi connectivity index (χ4v) is 3.83. The van der Waals surface area contributed by atoms with E-state index in [-0.39, 0.29) is 11.6 Å². The SMILES string of the molecule is O=C1Nc2ccc([N+](=O)[O-])cc2C1=C(Nc1ccc(-c2c[nH]cn2)cc1)c1ccc(Cl)cc1. The first-order chi connectivity index (χ1) is 16.0. The quantitative estimate of drug-likeness (QED) is 0.206. The molecule has 1 aromatic heterocycles. The van der Waals surface area contributed by atoms with Crippen molar-refractivity contribution in [2.75, 3.05) is 10.6 Å². The Kier molecular flexibility index (Phi) is 5.12. The molecule has 3 aromatic carbocycles. The maximum atomic E-state index is 13.0. The minimum absolute atomic E-state index is 0.0958. The summed E-state index contributed by atoms with van der Waals surface area (Å²) in [7, 11) is 0. The van der Waals surface area contributed by atoms with Gasteiger partial charge in [0.05, 0.1) is 28.2 Å². The van der Waals surface area contributed by atoms with Gasteiger partial charge in [0.2, 0.25) is 0 Å². The Labute approximate surface area is 193 Å². The van der Waals surface area contributed by atoms with Gasteiger partial charge in [-0.2, -0.15) is 0 Å². The largest absolute Gasteiger partial charge is 0.354 e. The summed E-state index contributed by atoms with van der Waals surface area (Å²) in [5, 5.41) is 18.0. The summed E-state index contributed by atoms with van der Waals surface area (Å²) in [6, 6.07) is 18.9. The Morgan fingerprint density at radius 2 is 1.79 bits per heavy atom. The first-order valence-corrected chi connectivity index (χ1v) is 10.3. The maximum Gasteiger partial charge on any atom is 0.270 e. The summed E-state index contributed by atoms with van der Waals surface area (Å²) >= 11 is 6.07. The predicted octanol–water partition coefficient (Wildman–Crippen LogP) is 5.57.